The molecular weight excluding hydrogens is 450 g/mol. The monoisotopic (exact) mass is 479 g/mol. The molecule has 1 unspecified atom stereocenters. The van der Waals surface area contributed by atoms with Crippen molar-refractivity contribution in [2.45, 2.75) is 56.6 Å². The van der Waals surface area contributed by atoms with Gasteiger partial charge in [-0.2, -0.15) is 0 Å². The van der Waals surface area contributed by atoms with Gasteiger partial charge in [0.1, 0.15) is 17.1 Å². The normalized spacial score (nSPS) is 18.0. The smallest absolute Gasteiger partial charge is 0.319 e. The number of alkyl halides is 1. The fourth-order valence-electron chi connectivity index (χ4n) is 4.86. The summed E-state index contributed by atoms with van der Waals surface area (Å²) in [7, 11) is 0. The molecule has 1 aromatic heterocycles. The standard InChI is InChI=1S/C27H30ClN3O3/c28-13-2-1-3-15-33-20-8-9-22-24(17-27(11-5-12-27)34-25(22)16-20)31-26(32)30-23-7-4-6-19-18-29-14-10-21(19)23/h4,6-10,14,16,18,24H,1-3,5,11-13,15,17H2,(H2,30,31,32). The topological polar surface area (TPSA) is 72.5 Å². The second-order valence-electron chi connectivity index (χ2n) is 9.19. The van der Waals surface area contributed by atoms with Crippen LogP contribution in [0.5, 0.6) is 11.5 Å². The molecule has 5 rings (SSSR count). The second kappa shape index (κ2) is 10.1. The lowest BCUT2D eigenvalue weighted by Gasteiger charge is -2.48. The van der Waals surface area contributed by atoms with Crippen LogP contribution in [0.1, 0.15) is 56.6 Å². The minimum atomic E-state index is -0.226. The number of amides is 2. The molecule has 0 radical (unpaired) electrons. The Kier molecular flexibility index (Phi) is 6.77. The highest BCUT2D eigenvalue weighted by atomic mass is 35.5. The van der Waals surface area contributed by atoms with Gasteiger partial charge in [0.05, 0.1) is 18.3 Å². The number of carbonyl (C=O) groups excluding carboxylic acids is 1. The summed E-state index contributed by atoms with van der Waals surface area (Å²) in [6.45, 7) is 0.658. The van der Waals surface area contributed by atoms with Gasteiger partial charge in [-0.15, -0.1) is 11.6 Å². The zero-order valence-electron chi connectivity index (χ0n) is 19.2. The minimum Gasteiger partial charge on any atom is -0.493 e. The summed E-state index contributed by atoms with van der Waals surface area (Å²) < 4.78 is 12.4. The summed E-state index contributed by atoms with van der Waals surface area (Å²) in [5.74, 6) is 2.30. The summed E-state index contributed by atoms with van der Waals surface area (Å²) in [6.07, 6.45) is 10.5. The van der Waals surface area contributed by atoms with Gasteiger partial charge in [0.15, 0.2) is 0 Å². The summed E-state index contributed by atoms with van der Waals surface area (Å²) in [5, 5.41) is 8.18. The van der Waals surface area contributed by atoms with Crippen LogP contribution in [0.2, 0.25) is 0 Å². The largest absolute Gasteiger partial charge is 0.493 e. The molecule has 1 spiro atoms. The van der Waals surface area contributed by atoms with Gasteiger partial charge in [-0.3, -0.25) is 4.98 Å². The quantitative estimate of drug-likeness (QED) is 0.282. The summed E-state index contributed by atoms with van der Waals surface area (Å²) in [4.78, 5) is 17.2. The van der Waals surface area contributed by atoms with Gasteiger partial charge in [-0.05, 0) is 62.8 Å². The number of unbranched alkanes of at least 4 members (excludes halogenated alkanes) is 2. The fraction of sp³-hybridized carbons (Fsp3) is 0.407. The number of halogens is 1. The van der Waals surface area contributed by atoms with E-state index in [0.29, 0.717) is 12.5 Å². The molecule has 1 atom stereocenters. The number of anilines is 1. The summed E-state index contributed by atoms with van der Waals surface area (Å²) in [5.41, 5.74) is 1.56. The Bertz CT molecular complexity index is 1160. The van der Waals surface area contributed by atoms with Gasteiger partial charge in [-0.25, -0.2) is 4.79 Å². The number of pyridine rings is 1. The lowest BCUT2D eigenvalue weighted by molar-refractivity contribution is -0.0355. The molecule has 1 saturated carbocycles. The van der Waals surface area contributed by atoms with Gasteiger partial charge >= 0.3 is 6.03 Å². The van der Waals surface area contributed by atoms with E-state index in [1.807, 2.05) is 42.5 Å². The van der Waals surface area contributed by atoms with Crippen molar-refractivity contribution >= 4 is 34.1 Å². The zero-order valence-corrected chi connectivity index (χ0v) is 19.9. The predicted molar refractivity (Wildman–Crippen MR) is 135 cm³/mol. The fourth-order valence-corrected chi connectivity index (χ4v) is 5.04. The van der Waals surface area contributed by atoms with Crippen LogP contribution in [0, 0.1) is 0 Å². The number of hydrogen-bond donors (Lipinski definition) is 2. The van der Waals surface area contributed by atoms with Crippen molar-refractivity contribution in [2.75, 3.05) is 17.8 Å². The first kappa shape index (κ1) is 22.8. The number of hydrogen-bond acceptors (Lipinski definition) is 4. The Morgan fingerprint density at radius 2 is 2.09 bits per heavy atom. The SMILES string of the molecule is O=C(Nc1cccc2cnccc12)NC1CC2(CCC2)Oc2cc(OCCCCCCl)ccc21. The van der Waals surface area contributed by atoms with E-state index < -0.39 is 0 Å². The molecule has 2 heterocycles. The van der Waals surface area contributed by atoms with E-state index >= 15 is 0 Å². The average Bonchev–Trinajstić information content (AvgIpc) is 2.83. The predicted octanol–water partition coefficient (Wildman–Crippen LogP) is 6.59. The number of rotatable bonds is 8. The van der Waals surface area contributed by atoms with Crippen LogP contribution in [-0.2, 0) is 0 Å². The van der Waals surface area contributed by atoms with E-state index in [4.69, 9.17) is 21.1 Å². The second-order valence-corrected chi connectivity index (χ2v) is 9.57. The third kappa shape index (κ3) is 4.92. The first-order valence-corrected chi connectivity index (χ1v) is 12.6. The van der Waals surface area contributed by atoms with Crippen molar-refractivity contribution in [2.24, 2.45) is 0 Å². The number of carbonyl (C=O) groups is 1. The van der Waals surface area contributed by atoms with Crippen LogP contribution in [-0.4, -0.2) is 29.1 Å². The van der Waals surface area contributed by atoms with E-state index in [1.165, 1.54) is 0 Å². The average molecular weight is 480 g/mol. The Labute approximate surface area is 205 Å². The molecule has 0 saturated heterocycles. The first-order valence-electron chi connectivity index (χ1n) is 12.1. The highest BCUT2D eigenvalue weighted by molar-refractivity contribution is 6.17. The van der Waals surface area contributed by atoms with Crippen molar-refractivity contribution in [3.8, 4) is 11.5 Å². The molecular formula is C27H30ClN3O3. The molecule has 0 bridgehead atoms. The molecule has 2 aliphatic rings. The molecule has 1 aliphatic heterocycles. The van der Waals surface area contributed by atoms with E-state index in [1.54, 1.807) is 12.4 Å². The number of benzene rings is 2. The summed E-state index contributed by atoms with van der Waals surface area (Å²) >= 11 is 5.75. The van der Waals surface area contributed by atoms with Gasteiger partial charge < -0.3 is 20.1 Å². The van der Waals surface area contributed by atoms with E-state index in [2.05, 4.69) is 15.6 Å². The van der Waals surface area contributed by atoms with Crippen LogP contribution in [0.4, 0.5) is 10.5 Å². The van der Waals surface area contributed by atoms with Crippen molar-refractivity contribution in [1.29, 1.82) is 0 Å². The van der Waals surface area contributed by atoms with Gasteiger partial charge in [-0.1, -0.05) is 12.1 Å². The number of nitrogens with zero attached hydrogens (tertiary/aromatic N) is 1. The van der Waals surface area contributed by atoms with Crippen LogP contribution in [0.25, 0.3) is 10.8 Å². The first-order chi connectivity index (χ1) is 16.7. The molecule has 6 nitrogen and oxygen atoms in total. The van der Waals surface area contributed by atoms with Gasteiger partial charge in [0, 0.05) is 47.1 Å². The highest BCUT2D eigenvalue weighted by Crippen LogP contribution is 2.49. The number of nitrogens with one attached hydrogen (secondary N) is 2. The Morgan fingerprint density at radius 1 is 1.18 bits per heavy atom. The van der Waals surface area contributed by atoms with E-state index in [-0.39, 0.29) is 17.7 Å². The minimum absolute atomic E-state index is 0.126. The summed E-state index contributed by atoms with van der Waals surface area (Å²) in [6, 6.07) is 13.3. The molecule has 34 heavy (non-hydrogen) atoms. The van der Waals surface area contributed by atoms with Crippen molar-refractivity contribution in [3.63, 3.8) is 0 Å². The Balaban J connectivity index is 1.30. The maximum Gasteiger partial charge on any atom is 0.319 e. The maximum absolute atomic E-state index is 13.0. The van der Waals surface area contributed by atoms with E-state index in [0.717, 1.165) is 78.5 Å². The van der Waals surface area contributed by atoms with Crippen LogP contribution in [0.3, 0.4) is 0 Å². The lowest BCUT2D eigenvalue weighted by Crippen LogP contribution is -2.50. The molecule has 2 N–H and O–H groups in total. The van der Waals surface area contributed by atoms with E-state index in [9.17, 15) is 4.79 Å². The molecule has 2 amide bonds. The van der Waals surface area contributed by atoms with Gasteiger partial charge in [0.2, 0.25) is 0 Å². The molecule has 1 fully saturated rings. The number of ether oxygens (including phenoxy) is 2. The molecule has 2 aromatic carbocycles. The number of urea groups is 1. The molecule has 178 valence electrons. The van der Waals surface area contributed by atoms with Crippen LogP contribution < -0.4 is 20.1 Å². The zero-order chi connectivity index (χ0) is 23.4. The third-order valence-corrected chi connectivity index (χ3v) is 7.08. The van der Waals surface area contributed by atoms with Gasteiger partial charge in [0.25, 0.3) is 0 Å². The Hall–Kier alpha value is -2.99. The van der Waals surface area contributed by atoms with Crippen LogP contribution in [0.15, 0.2) is 54.9 Å². The van der Waals surface area contributed by atoms with Crippen molar-refractivity contribution < 1.29 is 14.3 Å². The molecule has 3 aromatic rings. The highest BCUT2D eigenvalue weighted by Gasteiger charge is 2.46. The number of aromatic nitrogens is 1. The van der Waals surface area contributed by atoms with Crippen LogP contribution >= 0.6 is 11.6 Å². The lowest BCUT2D eigenvalue weighted by atomic mass is 9.73. The van der Waals surface area contributed by atoms with Crippen molar-refractivity contribution in [1.82, 2.24) is 10.3 Å². The Morgan fingerprint density at radius 3 is 2.91 bits per heavy atom. The number of fused-ring (bicyclic) bond motifs is 2. The molecule has 1 aliphatic carbocycles. The third-order valence-electron chi connectivity index (χ3n) is 6.81. The maximum atomic E-state index is 13.0. The molecule has 7 heteroatoms. The van der Waals surface area contributed by atoms with Crippen molar-refractivity contribution in [3.05, 3.63) is 60.4 Å².